The van der Waals surface area contributed by atoms with Crippen molar-refractivity contribution in [3.63, 3.8) is 0 Å². The Morgan fingerprint density at radius 2 is 2.27 bits per heavy atom. The fraction of sp³-hybridized carbons (Fsp3) is 0.889. The number of aliphatic hydroxyl groups excluding tert-OH is 1. The molecule has 1 unspecified atom stereocenters. The molecule has 0 aromatic heterocycles. The lowest BCUT2D eigenvalue weighted by Gasteiger charge is -2.21. The van der Waals surface area contributed by atoms with Gasteiger partial charge >= 0.3 is 5.97 Å². The normalized spacial score (nSPS) is 12.8. The van der Waals surface area contributed by atoms with Crippen LogP contribution in [0, 0.1) is 5.41 Å². The molecule has 0 aliphatic heterocycles. The first-order valence-electron chi connectivity index (χ1n) is 4.80. The van der Waals surface area contributed by atoms with E-state index in [1.165, 1.54) is 0 Å². The topological polar surface area (TPSA) is 95.3 Å². The van der Waals surface area contributed by atoms with Crippen LogP contribution in [0.25, 0.3) is 10.4 Å². The first kappa shape index (κ1) is 13.7. The molecular formula is C9H17N3O3. The van der Waals surface area contributed by atoms with E-state index in [2.05, 4.69) is 10.0 Å². The molecule has 0 aliphatic carbocycles. The third-order valence-corrected chi connectivity index (χ3v) is 2.20. The molecule has 1 N–H and O–H groups in total. The summed E-state index contributed by atoms with van der Waals surface area (Å²) >= 11 is 0. The molecule has 0 bridgehead atoms. The van der Waals surface area contributed by atoms with Crippen molar-refractivity contribution in [1.82, 2.24) is 0 Å². The van der Waals surface area contributed by atoms with Gasteiger partial charge in [-0.3, -0.25) is 4.79 Å². The molecule has 86 valence electrons. The molecule has 0 saturated heterocycles. The molecule has 0 aliphatic rings. The van der Waals surface area contributed by atoms with Crippen molar-refractivity contribution in [3.8, 4) is 0 Å². The zero-order chi connectivity index (χ0) is 11.9. The number of carbonyl (C=O) groups is 1. The van der Waals surface area contributed by atoms with Gasteiger partial charge in [0.15, 0.2) is 0 Å². The van der Waals surface area contributed by atoms with Crippen LogP contribution in [-0.4, -0.2) is 30.3 Å². The largest absolute Gasteiger partial charge is 0.463 e. The molecule has 1 atom stereocenters. The third-order valence-electron chi connectivity index (χ3n) is 2.20. The van der Waals surface area contributed by atoms with Crippen molar-refractivity contribution in [2.24, 2.45) is 10.5 Å². The molecule has 6 nitrogen and oxygen atoms in total. The number of carbonyl (C=O) groups excluding carboxylic acids is 1. The first-order valence-corrected chi connectivity index (χ1v) is 4.80. The van der Waals surface area contributed by atoms with E-state index in [0.717, 1.165) is 0 Å². The quantitative estimate of drug-likeness (QED) is 0.315. The number of ether oxygens (including phenoxy) is 1. The summed E-state index contributed by atoms with van der Waals surface area (Å²) in [6.45, 7) is 5.21. The number of hydrogen-bond donors (Lipinski definition) is 1. The van der Waals surface area contributed by atoms with Crippen LogP contribution < -0.4 is 0 Å². The van der Waals surface area contributed by atoms with Gasteiger partial charge in [0.05, 0.1) is 18.1 Å². The molecule has 15 heavy (non-hydrogen) atoms. The summed E-state index contributed by atoms with van der Waals surface area (Å²) in [5.74, 6) is -0.356. The Morgan fingerprint density at radius 1 is 1.67 bits per heavy atom. The van der Waals surface area contributed by atoms with Crippen LogP contribution in [0.3, 0.4) is 0 Å². The number of aliphatic hydroxyl groups is 1. The summed E-state index contributed by atoms with van der Waals surface area (Å²) in [4.78, 5) is 13.9. The van der Waals surface area contributed by atoms with Gasteiger partial charge in [-0.1, -0.05) is 12.0 Å². The van der Waals surface area contributed by atoms with Crippen LogP contribution in [0.4, 0.5) is 0 Å². The lowest BCUT2D eigenvalue weighted by Crippen LogP contribution is -2.29. The van der Waals surface area contributed by atoms with E-state index in [0.29, 0.717) is 6.42 Å². The molecule has 0 amide bonds. The standard InChI is InChI=1S/C9H17N3O3/c1-4-9(2,3)8(14)15-6-7(13)5-11-12-10/h7,13H,4-6H2,1-3H3. The highest BCUT2D eigenvalue weighted by Gasteiger charge is 2.27. The van der Waals surface area contributed by atoms with E-state index in [1.54, 1.807) is 13.8 Å². The number of nitrogens with zero attached hydrogens (tertiary/aromatic N) is 3. The van der Waals surface area contributed by atoms with E-state index in [1.807, 2.05) is 6.92 Å². The monoisotopic (exact) mass is 215 g/mol. The van der Waals surface area contributed by atoms with Crippen LogP contribution in [0.5, 0.6) is 0 Å². The highest BCUT2D eigenvalue weighted by Crippen LogP contribution is 2.21. The minimum Gasteiger partial charge on any atom is -0.463 e. The van der Waals surface area contributed by atoms with Crippen molar-refractivity contribution in [2.45, 2.75) is 33.3 Å². The highest BCUT2D eigenvalue weighted by molar-refractivity contribution is 5.75. The molecule has 0 fully saturated rings. The SMILES string of the molecule is CCC(C)(C)C(=O)OCC(O)CN=[N+]=[N-]. The molecule has 0 rings (SSSR count). The molecule has 0 spiro atoms. The fourth-order valence-electron chi connectivity index (χ4n) is 0.695. The zero-order valence-corrected chi connectivity index (χ0v) is 9.30. The number of esters is 1. The molecule has 0 aromatic carbocycles. The molecule has 0 heterocycles. The van der Waals surface area contributed by atoms with Crippen LogP contribution in [0.2, 0.25) is 0 Å². The van der Waals surface area contributed by atoms with Gasteiger partial charge in [-0.15, -0.1) is 0 Å². The molecule has 6 heteroatoms. The summed E-state index contributed by atoms with van der Waals surface area (Å²) < 4.78 is 4.88. The predicted molar refractivity (Wildman–Crippen MR) is 55.1 cm³/mol. The zero-order valence-electron chi connectivity index (χ0n) is 9.30. The van der Waals surface area contributed by atoms with Gasteiger partial charge in [0.2, 0.25) is 0 Å². The number of azide groups is 1. The Kier molecular flexibility index (Phi) is 5.74. The Balaban J connectivity index is 3.95. The smallest absolute Gasteiger partial charge is 0.311 e. The van der Waals surface area contributed by atoms with E-state index >= 15 is 0 Å². The molecule has 0 radical (unpaired) electrons. The second kappa shape index (κ2) is 6.27. The van der Waals surface area contributed by atoms with E-state index in [4.69, 9.17) is 10.3 Å². The van der Waals surface area contributed by atoms with Crippen molar-refractivity contribution in [1.29, 1.82) is 0 Å². The number of rotatable bonds is 6. The Bertz CT molecular complexity index is 259. The van der Waals surface area contributed by atoms with E-state index < -0.39 is 11.5 Å². The summed E-state index contributed by atoms with van der Waals surface area (Å²) in [6, 6.07) is 0. The van der Waals surface area contributed by atoms with E-state index in [-0.39, 0.29) is 19.1 Å². The van der Waals surface area contributed by atoms with Gasteiger partial charge in [0.25, 0.3) is 0 Å². The van der Waals surface area contributed by atoms with Crippen molar-refractivity contribution >= 4 is 5.97 Å². The Hall–Kier alpha value is -1.26. The first-order chi connectivity index (χ1) is 6.94. The van der Waals surface area contributed by atoms with Gasteiger partial charge in [-0.25, -0.2) is 0 Å². The van der Waals surface area contributed by atoms with Gasteiger partial charge in [-0.2, -0.15) is 0 Å². The molecule has 0 saturated carbocycles. The Morgan fingerprint density at radius 3 is 2.73 bits per heavy atom. The van der Waals surface area contributed by atoms with Crippen LogP contribution in [-0.2, 0) is 9.53 Å². The number of hydrogen-bond acceptors (Lipinski definition) is 4. The minimum atomic E-state index is -0.933. The highest BCUT2D eigenvalue weighted by atomic mass is 16.5. The van der Waals surface area contributed by atoms with Crippen LogP contribution in [0.1, 0.15) is 27.2 Å². The van der Waals surface area contributed by atoms with Crippen molar-refractivity contribution in [2.75, 3.05) is 13.2 Å². The average molecular weight is 215 g/mol. The van der Waals surface area contributed by atoms with Crippen molar-refractivity contribution in [3.05, 3.63) is 10.4 Å². The van der Waals surface area contributed by atoms with Gasteiger partial charge < -0.3 is 9.84 Å². The average Bonchev–Trinajstić information content (AvgIpc) is 2.22. The maximum absolute atomic E-state index is 11.4. The lowest BCUT2D eigenvalue weighted by atomic mass is 9.91. The summed E-state index contributed by atoms with van der Waals surface area (Å²) in [7, 11) is 0. The van der Waals surface area contributed by atoms with Crippen LogP contribution in [0.15, 0.2) is 5.11 Å². The second-order valence-electron chi connectivity index (χ2n) is 3.90. The third kappa shape index (κ3) is 5.24. The maximum Gasteiger partial charge on any atom is 0.311 e. The van der Waals surface area contributed by atoms with Gasteiger partial charge in [0, 0.05) is 4.91 Å². The lowest BCUT2D eigenvalue weighted by molar-refractivity contribution is -0.156. The Labute approximate surface area is 88.9 Å². The van der Waals surface area contributed by atoms with Gasteiger partial charge in [-0.05, 0) is 25.8 Å². The fourth-order valence-corrected chi connectivity index (χ4v) is 0.695. The van der Waals surface area contributed by atoms with Crippen LogP contribution >= 0.6 is 0 Å². The minimum absolute atomic E-state index is 0.0870. The predicted octanol–water partition coefficient (Wildman–Crippen LogP) is 1.64. The molecule has 0 aromatic rings. The summed E-state index contributed by atoms with van der Waals surface area (Å²) in [5.41, 5.74) is 7.46. The second-order valence-corrected chi connectivity index (χ2v) is 3.90. The van der Waals surface area contributed by atoms with E-state index in [9.17, 15) is 9.90 Å². The summed E-state index contributed by atoms with van der Waals surface area (Å²) in [6.07, 6.45) is -0.268. The molecular weight excluding hydrogens is 198 g/mol. The summed E-state index contributed by atoms with van der Waals surface area (Å²) in [5, 5.41) is 12.4. The maximum atomic E-state index is 11.4. The van der Waals surface area contributed by atoms with Crippen molar-refractivity contribution < 1.29 is 14.6 Å². The van der Waals surface area contributed by atoms with Gasteiger partial charge in [0.1, 0.15) is 6.61 Å².